The third kappa shape index (κ3) is 2.82. The summed E-state index contributed by atoms with van der Waals surface area (Å²) in [5, 5.41) is 14.1. The minimum Gasteiger partial charge on any atom is -0.395 e. The van der Waals surface area contributed by atoms with Crippen molar-refractivity contribution in [1.29, 1.82) is 0 Å². The quantitative estimate of drug-likeness (QED) is 0.771. The van der Waals surface area contributed by atoms with Crippen molar-refractivity contribution in [3.63, 3.8) is 0 Å². The zero-order valence-electron chi connectivity index (χ0n) is 11.9. The fourth-order valence-corrected chi connectivity index (χ4v) is 2.40. The van der Waals surface area contributed by atoms with Gasteiger partial charge in [0.25, 0.3) is 0 Å². The van der Waals surface area contributed by atoms with Crippen molar-refractivity contribution in [3.05, 3.63) is 53.6 Å². The first-order valence-corrected chi connectivity index (χ1v) is 6.99. The van der Waals surface area contributed by atoms with Crippen molar-refractivity contribution in [2.75, 3.05) is 6.61 Å². The van der Waals surface area contributed by atoms with Gasteiger partial charge in [-0.3, -0.25) is 0 Å². The second kappa shape index (κ2) is 5.68. The zero-order chi connectivity index (χ0) is 14.8. The predicted octanol–water partition coefficient (Wildman–Crippen LogP) is 2.67. The van der Waals surface area contributed by atoms with Gasteiger partial charge < -0.3 is 15.4 Å². The van der Waals surface area contributed by atoms with E-state index in [1.165, 1.54) is 5.56 Å². The van der Waals surface area contributed by atoms with Gasteiger partial charge in [-0.25, -0.2) is 0 Å². The lowest BCUT2D eigenvalue weighted by molar-refractivity contribution is 0.265. The van der Waals surface area contributed by atoms with Crippen LogP contribution in [-0.2, 0) is 6.42 Å². The van der Waals surface area contributed by atoms with Crippen LogP contribution < -0.4 is 5.73 Å². The molecule has 1 heterocycles. The summed E-state index contributed by atoms with van der Waals surface area (Å²) in [5.41, 5.74) is 9.91. The number of fused-ring (bicyclic) bond motifs is 1. The molecule has 108 valence electrons. The summed E-state index contributed by atoms with van der Waals surface area (Å²) < 4.78 is 5.50. The molecule has 0 amide bonds. The monoisotopic (exact) mass is 282 g/mol. The Labute approximate surface area is 123 Å². The van der Waals surface area contributed by atoms with Gasteiger partial charge in [-0.05, 0) is 31.0 Å². The van der Waals surface area contributed by atoms with E-state index in [1.807, 2.05) is 30.3 Å². The summed E-state index contributed by atoms with van der Waals surface area (Å²) >= 11 is 0. The van der Waals surface area contributed by atoms with E-state index in [4.69, 9.17) is 15.4 Å². The summed E-state index contributed by atoms with van der Waals surface area (Å²) in [6.07, 6.45) is 0.630. The number of nitrogens with zero attached hydrogens (tertiary/aromatic N) is 1. The van der Waals surface area contributed by atoms with E-state index in [0.29, 0.717) is 6.42 Å². The molecule has 1 aromatic heterocycles. The molecule has 0 spiro atoms. The van der Waals surface area contributed by atoms with Gasteiger partial charge in [0.2, 0.25) is 0 Å². The maximum absolute atomic E-state index is 9.07. The molecule has 0 saturated heterocycles. The van der Waals surface area contributed by atoms with Gasteiger partial charge in [-0.15, -0.1) is 0 Å². The fraction of sp³-hybridized carbons (Fsp3) is 0.235. The van der Waals surface area contributed by atoms with Gasteiger partial charge in [0, 0.05) is 17.0 Å². The van der Waals surface area contributed by atoms with Crippen molar-refractivity contribution in [2.45, 2.75) is 19.4 Å². The molecule has 0 radical (unpaired) electrons. The minimum absolute atomic E-state index is 0.0213. The molecule has 0 fully saturated rings. The van der Waals surface area contributed by atoms with Crippen LogP contribution in [0.3, 0.4) is 0 Å². The third-order valence-corrected chi connectivity index (χ3v) is 3.59. The highest BCUT2D eigenvalue weighted by Gasteiger charge is 2.12. The van der Waals surface area contributed by atoms with Crippen LogP contribution in [0.5, 0.6) is 0 Å². The average molecular weight is 282 g/mol. The Morgan fingerprint density at radius 2 is 1.95 bits per heavy atom. The van der Waals surface area contributed by atoms with E-state index in [0.717, 1.165) is 27.8 Å². The third-order valence-electron chi connectivity index (χ3n) is 3.59. The van der Waals surface area contributed by atoms with Gasteiger partial charge in [-0.1, -0.05) is 41.1 Å². The van der Waals surface area contributed by atoms with Crippen LogP contribution in [0, 0.1) is 6.92 Å². The molecule has 0 aliphatic carbocycles. The number of aromatic nitrogens is 1. The lowest BCUT2D eigenvalue weighted by Gasteiger charge is -2.07. The molecule has 0 aliphatic rings. The number of aliphatic hydroxyl groups excluding tert-OH is 1. The first-order chi connectivity index (χ1) is 10.2. The molecule has 1 atom stereocenters. The fourth-order valence-electron chi connectivity index (χ4n) is 2.40. The van der Waals surface area contributed by atoms with E-state index < -0.39 is 0 Å². The van der Waals surface area contributed by atoms with Crippen LogP contribution in [0.25, 0.3) is 22.2 Å². The molecular formula is C17H18N2O2. The zero-order valence-corrected chi connectivity index (χ0v) is 11.9. The molecule has 0 aliphatic heterocycles. The summed E-state index contributed by atoms with van der Waals surface area (Å²) in [6, 6.07) is 13.9. The highest BCUT2D eigenvalue weighted by Crippen LogP contribution is 2.29. The standard InChI is InChI=1S/C17H18N2O2/c1-11-2-5-13(6-3-11)17-15-9-12(8-14(18)10-20)4-7-16(15)19-21-17/h2-7,9,14,20H,8,10,18H2,1H3. The van der Waals surface area contributed by atoms with Crippen molar-refractivity contribution in [2.24, 2.45) is 5.73 Å². The van der Waals surface area contributed by atoms with Gasteiger partial charge in [-0.2, -0.15) is 0 Å². The van der Waals surface area contributed by atoms with Crippen molar-refractivity contribution in [1.82, 2.24) is 5.16 Å². The number of aryl methyl sites for hydroxylation is 1. The maximum atomic E-state index is 9.07. The van der Waals surface area contributed by atoms with Crippen molar-refractivity contribution < 1.29 is 9.63 Å². The van der Waals surface area contributed by atoms with E-state index >= 15 is 0 Å². The number of benzene rings is 2. The van der Waals surface area contributed by atoms with Crippen LogP contribution in [0.1, 0.15) is 11.1 Å². The molecule has 3 rings (SSSR count). The molecule has 3 N–H and O–H groups in total. The van der Waals surface area contributed by atoms with E-state index in [-0.39, 0.29) is 12.6 Å². The number of hydrogen-bond donors (Lipinski definition) is 2. The lowest BCUT2D eigenvalue weighted by atomic mass is 10.0. The maximum Gasteiger partial charge on any atom is 0.174 e. The van der Waals surface area contributed by atoms with Crippen molar-refractivity contribution >= 4 is 10.9 Å². The molecule has 1 unspecified atom stereocenters. The average Bonchev–Trinajstić information content (AvgIpc) is 2.91. The van der Waals surface area contributed by atoms with E-state index in [9.17, 15) is 0 Å². The second-order valence-corrected chi connectivity index (χ2v) is 5.38. The van der Waals surface area contributed by atoms with Crippen LogP contribution in [0.2, 0.25) is 0 Å². The molecule has 4 nitrogen and oxygen atoms in total. The van der Waals surface area contributed by atoms with Crippen LogP contribution in [0.15, 0.2) is 47.0 Å². The Bertz CT molecular complexity index is 747. The van der Waals surface area contributed by atoms with Crippen molar-refractivity contribution in [3.8, 4) is 11.3 Å². The number of nitrogens with two attached hydrogens (primary N) is 1. The molecular weight excluding hydrogens is 264 g/mol. The Morgan fingerprint density at radius 1 is 1.19 bits per heavy atom. The van der Waals surface area contributed by atoms with E-state index in [2.05, 4.69) is 24.2 Å². The smallest absolute Gasteiger partial charge is 0.174 e. The first kappa shape index (κ1) is 13.8. The SMILES string of the molecule is Cc1ccc(-c2onc3ccc(CC(N)CO)cc23)cc1. The Balaban J connectivity index is 2.03. The number of rotatable bonds is 4. The normalized spacial score (nSPS) is 12.7. The molecule has 2 aromatic carbocycles. The molecule has 21 heavy (non-hydrogen) atoms. The van der Waals surface area contributed by atoms with Gasteiger partial charge >= 0.3 is 0 Å². The lowest BCUT2D eigenvalue weighted by Crippen LogP contribution is -2.26. The number of aliphatic hydroxyl groups is 1. The van der Waals surface area contributed by atoms with Gasteiger partial charge in [0.1, 0.15) is 5.52 Å². The van der Waals surface area contributed by atoms with E-state index in [1.54, 1.807) is 0 Å². The molecule has 3 aromatic rings. The Hall–Kier alpha value is -2.17. The summed E-state index contributed by atoms with van der Waals surface area (Å²) in [7, 11) is 0. The predicted molar refractivity (Wildman–Crippen MR) is 82.9 cm³/mol. The van der Waals surface area contributed by atoms with Crippen LogP contribution >= 0.6 is 0 Å². The second-order valence-electron chi connectivity index (χ2n) is 5.38. The van der Waals surface area contributed by atoms with Gasteiger partial charge in [0.15, 0.2) is 5.76 Å². The van der Waals surface area contributed by atoms with Crippen LogP contribution in [0.4, 0.5) is 0 Å². The topological polar surface area (TPSA) is 72.3 Å². The minimum atomic E-state index is -0.245. The highest BCUT2D eigenvalue weighted by atomic mass is 16.5. The highest BCUT2D eigenvalue weighted by molar-refractivity contribution is 5.92. The first-order valence-electron chi connectivity index (χ1n) is 6.99. The van der Waals surface area contributed by atoms with Crippen LogP contribution in [-0.4, -0.2) is 22.9 Å². The summed E-state index contributed by atoms with van der Waals surface area (Å²) in [6.45, 7) is 2.03. The molecule has 4 heteroatoms. The summed E-state index contributed by atoms with van der Waals surface area (Å²) in [4.78, 5) is 0. The number of hydrogen-bond acceptors (Lipinski definition) is 4. The molecule has 0 saturated carbocycles. The summed E-state index contributed by atoms with van der Waals surface area (Å²) in [5.74, 6) is 0.768. The molecule has 0 bridgehead atoms. The Morgan fingerprint density at radius 3 is 2.67 bits per heavy atom. The largest absolute Gasteiger partial charge is 0.395 e. The Kier molecular flexibility index (Phi) is 3.73. The van der Waals surface area contributed by atoms with Gasteiger partial charge in [0.05, 0.1) is 6.61 Å².